The molecule has 0 radical (unpaired) electrons. The third-order valence-electron chi connectivity index (χ3n) is 9.61. The van der Waals surface area contributed by atoms with Crippen LogP contribution in [0.15, 0.2) is 58.9 Å². The van der Waals surface area contributed by atoms with Crippen LogP contribution in [0.5, 0.6) is 0 Å². The molecule has 198 valence electrons. The minimum Gasteiger partial charge on any atom is -0.378 e. The molecule has 0 spiro atoms. The summed E-state index contributed by atoms with van der Waals surface area (Å²) in [4.78, 5) is 14.1. The van der Waals surface area contributed by atoms with E-state index < -0.39 is 28.6 Å². The van der Waals surface area contributed by atoms with Crippen LogP contribution >= 0.6 is 0 Å². The van der Waals surface area contributed by atoms with Gasteiger partial charge in [-0.25, -0.2) is 8.78 Å². The molecule has 0 unspecified atom stereocenters. The molecule has 4 aliphatic carbocycles. The second-order valence-corrected chi connectivity index (χ2v) is 11.3. The minimum absolute atomic E-state index is 0.0393. The van der Waals surface area contributed by atoms with Crippen LogP contribution in [0, 0.1) is 35.0 Å². The molecule has 5 aliphatic rings. The molecule has 4 nitrogen and oxygen atoms in total. The first-order chi connectivity index (χ1) is 17.7. The average molecular weight is 510 g/mol. The summed E-state index contributed by atoms with van der Waals surface area (Å²) in [7, 11) is 0. The fourth-order valence-electron chi connectivity index (χ4n) is 7.77. The van der Waals surface area contributed by atoms with Gasteiger partial charge in [0.1, 0.15) is 11.4 Å². The molecule has 2 saturated carbocycles. The molecule has 1 N–H and O–H groups in total. The Bertz CT molecular complexity index is 1180. The number of rotatable bonds is 4. The molecule has 0 aromatic heterocycles. The van der Waals surface area contributed by atoms with Crippen molar-refractivity contribution >= 4 is 5.78 Å². The lowest BCUT2D eigenvalue weighted by atomic mass is 9.52. The third kappa shape index (κ3) is 4.34. The SMILES string of the molecule is C=C/C(=C\C(F)=C(/F)[C@H]1C[C@@]2(C)[C@@H](CC[C@@]2(O)C#CC)[C@@H]2CCC3=CC(=O)CCC3=C21)N1CCOCC1. The molecule has 37 heavy (non-hydrogen) atoms. The minimum atomic E-state index is -1.23. The summed E-state index contributed by atoms with van der Waals surface area (Å²) < 4.78 is 37.5. The van der Waals surface area contributed by atoms with E-state index >= 15 is 8.78 Å². The maximum atomic E-state index is 16.4. The van der Waals surface area contributed by atoms with Crippen LogP contribution in [0.2, 0.25) is 0 Å². The second-order valence-electron chi connectivity index (χ2n) is 11.3. The van der Waals surface area contributed by atoms with Crippen molar-refractivity contribution in [3.63, 3.8) is 0 Å². The Morgan fingerprint density at radius 2 is 2.00 bits per heavy atom. The molecule has 3 fully saturated rings. The highest BCUT2D eigenvalue weighted by Crippen LogP contribution is 2.66. The zero-order valence-corrected chi connectivity index (χ0v) is 21.9. The fraction of sp³-hybridized carbons (Fsp3) is 0.581. The van der Waals surface area contributed by atoms with Gasteiger partial charge in [0.05, 0.1) is 13.2 Å². The number of ketones is 1. The van der Waals surface area contributed by atoms with Gasteiger partial charge in [0.2, 0.25) is 0 Å². The Hall–Kier alpha value is -2.49. The van der Waals surface area contributed by atoms with Crippen molar-refractivity contribution in [2.75, 3.05) is 26.3 Å². The van der Waals surface area contributed by atoms with E-state index in [0.29, 0.717) is 51.3 Å². The van der Waals surface area contributed by atoms with E-state index in [9.17, 15) is 9.90 Å². The monoisotopic (exact) mass is 509 g/mol. The van der Waals surface area contributed by atoms with Crippen molar-refractivity contribution < 1.29 is 23.4 Å². The average Bonchev–Trinajstić information content (AvgIpc) is 3.16. The van der Waals surface area contributed by atoms with Gasteiger partial charge in [0.15, 0.2) is 11.6 Å². The molecule has 5 atom stereocenters. The van der Waals surface area contributed by atoms with Crippen molar-refractivity contribution in [1.82, 2.24) is 4.90 Å². The van der Waals surface area contributed by atoms with E-state index in [1.807, 2.05) is 11.8 Å². The van der Waals surface area contributed by atoms with Gasteiger partial charge < -0.3 is 14.7 Å². The van der Waals surface area contributed by atoms with Gasteiger partial charge in [-0.2, -0.15) is 0 Å². The number of carbonyl (C=O) groups excluding carboxylic acids is 1. The lowest BCUT2D eigenvalue weighted by molar-refractivity contribution is -0.114. The van der Waals surface area contributed by atoms with Crippen LogP contribution in [0.3, 0.4) is 0 Å². The molecule has 0 aromatic carbocycles. The van der Waals surface area contributed by atoms with E-state index in [-0.39, 0.29) is 24.0 Å². The van der Waals surface area contributed by atoms with Crippen molar-refractivity contribution in [1.29, 1.82) is 0 Å². The maximum Gasteiger partial charge on any atom is 0.157 e. The number of halogens is 2. The van der Waals surface area contributed by atoms with Gasteiger partial charge in [-0.3, -0.25) is 4.79 Å². The van der Waals surface area contributed by atoms with Crippen LogP contribution in [0.25, 0.3) is 0 Å². The quantitative estimate of drug-likeness (QED) is 0.389. The number of morpholine rings is 1. The van der Waals surface area contributed by atoms with E-state index in [1.54, 1.807) is 19.1 Å². The van der Waals surface area contributed by atoms with Crippen LogP contribution in [0.1, 0.15) is 58.8 Å². The third-order valence-corrected chi connectivity index (χ3v) is 9.61. The van der Waals surface area contributed by atoms with Crippen LogP contribution in [-0.4, -0.2) is 47.7 Å². The highest BCUT2D eigenvalue weighted by atomic mass is 19.2. The highest BCUT2D eigenvalue weighted by molar-refractivity contribution is 5.93. The number of carbonyl (C=O) groups is 1. The first-order valence-corrected chi connectivity index (χ1v) is 13.6. The predicted octanol–water partition coefficient (Wildman–Crippen LogP) is 5.73. The summed E-state index contributed by atoms with van der Waals surface area (Å²) in [6.07, 6.45) is 8.66. The van der Waals surface area contributed by atoms with E-state index in [4.69, 9.17) is 4.74 Å². The van der Waals surface area contributed by atoms with E-state index in [1.165, 1.54) is 6.08 Å². The number of ether oxygens (including phenoxy) is 1. The normalized spacial score (nSPS) is 36.5. The number of nitrogens with zero attached hydrogens (tertiary/aromatic N) is 1. The summed E-state index contributed by atoms with van der Waals surface area (Å²) in [5, 5.41) is 11.7. The zero-order valence-electron chi connectivity index (χ0n) is 21.9. The fourth-order valence-corrected chi connectivity index (χ4v) is 7.77. The number of allylic oxidation sites excluding steroid dienone is 8. The summed E-state index contributed by atoms with van der Waals surface area (Å²) >= 11 is 0. The molecular formula is C31H37F2NO3. The van der Waals surface area contributed by atoms with Crippen LogP contribution in [0.4, 0.5) is 8.78 Å². The zero-order chi connectivity index (χ0) is 26.4. The number of aliphatic hydroxyl groups is 1. The molecule has 5 rings (SSSR count). The lowest BCUT2D eigenvalue weighted by Gasteiger charge is -2.53. The summed E-state index contributed by atoms with van der Waals surface area (Å²) in [5.74, 6) is 3.74. The van der Waals surface area contributed by atoms with Gasteiger partial charge in [-0.05, 0) is 86.7 Å². The van der Waals surface area contributed by atoms with Crippen LogP contribution < -0.4 is 0 Å². The molecule has 1 saturated heterocycles. The van der Waals surface area contributed by atoms with Crippen molar-refractivity contribution in [3.05, 3.63) is 58.9 Å². The summed E-state index contributed by atoms with van der Waals surface area (Å²) in [6, 6.07) is 0. The number of fused-ring (bicyclic) bond motifs is 4. The molecule has 1 heterocycles. The second kappa shape index (κ2) is 10.0. The van der Waals surface area contributed by atoms with Gasteiger partial charge in [0.25, 0.3) is 0 Å². The summed E-state index contributed by atoms with van der Waals surface area (Å²) in [5.41, 5.74) is 1.63. The van der Waals surface area contributed by atoms with Gasteiger partial charge >= 0.3 is 0 Å². The maximum absolute atomic E-state index is 16.4. The smallest absolute Gasteiger partial charge is 0.157 e. The first kappa shape index (κ1) is 26.1. The lowest BCUT2D eigenvalue weighted by Crippen LogP contribution is -2.51. The molecule has 6 heteroatoms. The van der Waals surface area contributed by atoms with Gasteiger partial charge in [-0.1, -0.05) is 25.0 Å². The van der Waals surface area contributed by atoms with Gasteiger partial charge in [0, 0.05) is 36.5 Å². The summed E-state index contributed by atoms with van der Waals surface area (Å²) in [6.45, 7) is 9.81. The van der Waals surface area contributed by atoms with E-state index in [0.717, 1.165) is 36.0 Å². The predicted molar refractivity (Wildman–Crippen MR) is 139 cm³/mol. The topological polar surface area (TPSA) is 49.8 Å². The van der Waals surface area contributed by atoms with Crippen LogP contribution in [-0.2, 0) is 9.53 Å². The van der Waals surface area contributed by atoms with Crippen molar-refractivity contribution in [3.8, 4) is 11.8 Å². The highest BCUT2D eigenvalue weighted by Gasteiger charge is 2.63. The number of hydrogen-bond acceptors (Lipinski definition) is 4. The van der Waals surface area contributed by atoms with E-state index in [2.05, 4.69) is 18.4 Å². The molecule has 0 aromatic rings. The Morgan fingerprint density at radius 3 is 2.70 bits per heavy atom. The molecule has 1 aliphatic heterocycles. The van der Waals surface area contributed by atoms with Crippen molar-refractivity contribution in [2.24, 2.45) is 23.2 Å². The van der Waals surface area contributed by atoms with Crippen molar-refractivity contribution in [2.45, 2.75) is 64.4 Å². The largest absolute Gasteiger partial charge is 0.378 e. The van der Waals surface area contributed by atoms with Gasteiger partial charge in [-0.15, -0.1) is 5.92 Å². The Morgan fingerprint density at radius 1 is 1.24 bits per heavy atom. The first-order valence-electron chi connectivity index (χ1n) is 13.6. The molecular weight excluding hydrogens is 472 g/mol. The Kier molecular flexibility index (Phi) is 7.06. The Balaban J connectivity index is 1.63. The standard InChI is InChI=1S/C31H37F2NO3/c1-4-11-31(36)12-10-26-24-8-6-20-17-22(35)7-9-23(20)28(24)25(19-30(26,31)3)29(33)27(32)18-21(5-2)34-13-15-37-16-14-34/h5,17-18,24-26,36H,2,6-10,12-16,19H2,1,3H3/b21-18+,29-27+/t24-,25-,26-,30-,31-/m0/s1. The Labute approximate surface area is 218 Å². The number of hydrogen-bond donors (Lipinski definition) is 1. The molecule has 0 amide bonds. The molecule has 0 bridgehead atoms.